The molecule has 1 N–H and O–H groups in total. The fraction of sp³-hybridized carbons (Fsp3) is 0.600. The Morgan fingerprint density at radius 1 is 1.25 bits per heavy atom. The van der Waals surface area contributed by atoms with Crippen LogP contribution < -0.4 is 5.32 Å². The van der Waals surface area contributed by atoms with E-state index >= 15 is 0 Å². The van der Waals surface area contributed by atoms with Crippen molar-refractivity contribution in [1.29, 1.82) is 0 Å². The second-order valence-corrected chi connectivity index (χ2v) is 6.25. The van der Waals surface area contributed by atoms with Gasteiger partial charge in [0.1, 0.15) is 0 Å². The van der Waals surface area contributed by atoms with Gasteiger partial charge in [-0.2, -0.15) is 0 Å². The van der Waals surface area contributed by atoms with Crippen LogP contribution >= 0.6 is 0 Å². The summed E-state index contributed by atoms with van der Waals surface area (Å²) >= 11 is 0. The maximum absolute atomic E-state index is 3.66. The third-order valence-electron chi connectivity index (χ3n) is 3.50. The molecule has 1 aromatic rings. The maximum atomic E-state index is 3.66. The molecule has 0 saturated carbocycles. The average Bonchev–Trinajstić information content (AvgIpc) is 2.59. The van der Waals surface area contributed by atoms with E-state index in [4.69, 9.17) is 0 Å². The Labute approximate surface area is 99.3 Å². The van der Waals surface area contributed by atoms with Gasteiger partial charge in [-0.3, -0.25) is 0 Å². The normalized spacial score (nSPS) is 20.2. The largest absolute Gasteiger partial charge is 0.305 e. The molecule has 2 rings (SSSR count). The van der Waals surface area contributed by atoms with Crippen molar-refractivity contribution in [3.63, 3.8) is 0 Å². The van der Waals surface area contributed by atoms with Crippen LogP contribution in [0, 0.1) is 5.41 Å². The summed E-state index contributed by atoms with van der Waals surface area (Å²) < 4.78 is 0. The number of fused-ring (bicyclic) bond motifs is 1. The topological polar surface area (TPSA) is 12.0 Å². The van der Waals surface area contributed by atoms with Crippen molar-refractivity contribution >= 4 is 0 Å². The molecule has 1 heteroatoms. The molecule has 0 amide bonds. The van der Waals surface area contributed by atoms with Gasteiger partial charge < -0.3 is 5.32 Å². The van der Waals surface area contributed by atoms with Crippen molar-refractivity contribution in [3.05, 3.63) is 34.9 Å². The molecule has 0 bridgehead atoms. The quantitative estimate of drug-likeness (QED) is 0.749. The van der Waals surface area contributed by atoms with Gasteiger partial charge in [0.25, 0.3) is 0 Å². The molecular weight excluding hydrogens is 194 g/mol. The second-order valence-electron chi connectivity index (χ2n) is 6.25. The Balaban J connectivity index is 2.52. The van der Waals surface area contributed by atoms with Crippen LogP contribution in [0.25, 0.3) is 0 Å². The van der Waals surface area contributed by atoms with Gasteiger partial charge in [0.15, 0.2) is 0 Å². The van der Waals surface area contributed by atoms with E-state index in [-0.39, 0.29) is 5.41 Å². The molecule has 1 aliphatic rings. The highest BCUT2D eigenvalue weighted by Crippen LogP contribution is 2.41. The standard InChI is InChI=1S/C15H23N/c1-10(2)12-8-6-7-11-9-16-14(13(11)12)15(3,4)5/h6-8,10,14,16H,9H2,1-5H3. The van der Waals surface area contributed by atoms with Crippen LogP contribution in [-0.2, 0) is 6.54 Å². The van der Waals surface area contributed by atoms with Gasteiger partial charge in [0, 0.05) is 12.6 Å². The maximum Gasteiger partial charge on any atom is 0.0378 e. The minimum atomic E-state index is 0.288. The molecule has 88 valence electrons. The number of benzene rings is 1. The lowest BCUT2D eigenvalue weighted by Gasteiger charge is -2.30. The van der Waals surface area contributed by atoms with E-state index in [1.54, 1.807) is 5.56 Å². The monoisotopic (exact) mass is 217 g/mol. The van der Waals surface area contributed by atoms with Gasteiger partial charge in [0.2, 0.25) is 0 Å². The SMILES string of the molecule is CC(C)c1cccc2c1C(C(C)(C)C)NC2. The zero-order valence-corrected chi connectivity index (χ0v) is 11.1. The Morgan fingerprint density at radius 2 is 1.94 bits per heavy atom. The van der Waals surface area contributed by atoms with E-state index in [1.165, 1.54) is 11.1 Å². The fourth-order valence-corrected chi connectivity index (χ4v) is 2.70. The van der Waals surface area contributed by atoms with Crippen LogP contribution in [-0.4, -0.2) is 0 Å². The van der Waals surface area contributed by atoms with Gasteiger partial charge in [-0.15, -0.1) is 0 Å². The van der Waals surface area contributed by atoms with Crippen molar-refractivity contribution in [2.24, 2.45) is 5.41 Å². The molecule has 1 unspecified atom stereocenters. The molecule has 1 aromatic carbocycles. The van der Waals surface area contributed by atoms with E-state index < -0.39 is 0 Å². The summed E-state index contributed by atoms with van der Waals surface area (Å²) in [6.07, 6.45) is 0. The molecule has 1 heterocycles. The van der Waals surface area contributed by atoms with Crippen LogP contribution in [0.3, 0.4) is 0 Å². The van der Waals surface area contributed by atoms with E-state index in [0.29, 0.717) is 12.0 Å². The summed E-state index contributed by atoms with van der Waals surface area (Å²) in [4.78, 5) is 0. The van der Waals surface area contributed by atoms with E-state index in [9.17, 15) is 0 Å². The highest BCUT2D eigenvalue weighted by molar-refractivity contribution is 5.43. The Bertz CT molecular complexity index is 385. The zero-order chi connectivity index (χ0) is 11.9. The first-order valence-electron chi connectivity index (χ1n) is 6.26. The first-order chi connectivity index (χ1) is 7.41. The predicted octanol–water partition coefficient (Wildman–Crippen LogP) is 4.00. The van der Waals surface area contributed by atoms with Gasteiger partial charge >= 0.3 is 0 Å². The average molecular weight is 217 g/mol. The molecule has 1 nitrogen and oxygen atoms in total. The molecule has 1 aliphatic heterocycles. The second kappa shape index (κ2) is 3.89. The lowest BCUT2D eigenvalue weighted by Crippen LogP contribution is -2.27. The Hall–Kier alpha value is -0.820. The van der Waals surface area contributed by atoms with Gasteiger partial charge in [-0.25, -0.2) is 0 Å². The first-order valence-corrected chi connectivity index (χ1v) is 6.26. The van der Waals surface area contributed by atoms with E-state index in [1.807, 2.05) is 0 Å². The van der Waals surface area contributed by atoms with Crippen molar-refractivity contribution in [3.8, 4) is 0 Å². The van der Waals surface area contributed by atoms with Crippen molar-refractivity contribution in [2.75, 3.05) is 0 Å². The van der Waals surface area contributed by atoms with Crippen LogP contribution in [0.15, 0.2) is 18.2 Å². The van der Waals surface area contributed by atoms with Gasteiger partial charge in [0.05, 0.1) is 0 Å². The number of hydrogen-bond acceptors (Lipinski definition) is 1. The molecule has 0 radical (unpaired) electrons. The molecule has 0 fully saturated rings. The molecule has 16 heavy (non-hydrogen) atoms. The van der Waals surface area contributed by atoms with Crippen molar-refractivity contribution in [2.45, 2.75) is 53.1 Å². The van der Waals surface area contributed by atoms with Crippen LogP contribution in [0.4, 0.5) is 0 Å². The van der Waals surface area contributed by atoms with E-state index in [0.717, 1.165) is 6.54 Å². The van der Waals surface area contributed by atoms with Gasteiger partial charge in [-0.1, -0.05) is 52.8 Å². The van der Waals surface area contributed by atoms with Crippen molar-refractivity contribution < 1.29 is 0 Å². The molecule has 1 atom stereocenters. The first kappa shape index (κ1) is 11.7. The zero-order valence-electron chi connectivity index (χ0n) is 11.1. The summed E-state index contributed by atoms with van der Waals surface area (Å²) in [5, 5.41) is 3.66. The molecule has 0 aromatic heterocycles. The summed E-state index contributed by atoms with van der Waals surface area (Å²) in [5.41, 5.74) is 4.86. The molecular formula is C15H23N. The van der Waals surface area contributed by atoms with Crippen molar-refractivity contribution in [1.82, 2.24) is 5.32 Å². The highest BCUT2D eigenvalue weighted by Gasteiger charge is 2.33. The molecule has 0 spiro atoms. The molecule has 0 aliphatic carbocycles. The predicted molar refractivity (Wildman–Crippen MR) is 69.6 cm³/mol. The third kappa shape index (κ3) is 1.89. The minimum absolute atomic E-state index is 0.288. The van der Waals surface area contributed by atoms with Crippen LogP contribution in [0.2, 0.25) is 0 Å². The Morgan fingerprint density at radius 3 is 2.50 bits per heavy atom. The highest BCUT2D eigenvalue weighted by atomic mass is 15.0. The summed E-state index contributed by atoms with van der Waals surface area (Å²) in [7, 11) is 0. The minimum Gasteiger partial charge on any atom is -0.305 e. The smallest absolute Gasteiger partial charge is 0.0378 e. The summed E-state index contributed by atoms with van der Waals surface area (Å²) in [6.45, 7) is 12.5. The summed E-state index contributed by atoms with van der Waals surface area (Å²) in [6, 6.07) is 7.25. The lowest BCUT2D eigenvalue weighted by molar-refractivity contribution is 0.287. The summed E-state index contributed by atoms with van der Waals surface area (Å²) in [5.74, 6) is 0.611. The number of nitrogens with one attached hydrogen (secondary N) is 1. The van der Waals surface area contributed by atoms with Crippen LogP contribution in [0.5, 0.6) is 0 Å². The molecule has 0 saturated heterocycles. The number of rotatable bonds is 1. The lowest BCUT2D eigenvalue weighted by atomic mass is 9.79. The number of hydrogen-bond donors (Lipinski definition) is 1. The van der Waals surface area contributed by atoms with Crippen LogP contribution in [0.1, 0.15) is 63.3 Å². The van der Waals surface area contributed by atoms with Gasteiger partial charge in [-0.05, 0) is 28.0 Å². The fourth-order valence-electron chi connectivity index (χ4n) is 2.70. The Kier molecular flexibility index (Phi) is 2.83. The van der Waals surface area contributed by atoms with E-state index in [2.05, 4.69) is 58.1 Å². The third-order valence-corrected chi connectivity index (χ3v) is 3.50.